The van der Waals surface area contributed by atoms with Crippen LogP contribution in [0.3, 0.4) is 0 Å². The van der Waals surface area contributed by atoms with Crippen molar-refractivity contribution in [3.05, 3.63) is 22.1 Å². The lowest BCUT2D eigenvalue weighted by Gasteiger charge is -2.43. The van der Waals surface area contributed by atoms with Crippen molar-refractivity contribution in [1.82, 2.24) is 19.4 Å². The second-order valence-corrected chi connectivity index (χ2v) is 7.54. The van der Waals surface area contributed by atoms with Crippen LogP contribution in [0, 0.1) is 0 Å². The first-order valence-corrected chi connectivity index (χ1v) is 8.95. The third kappa shape index (κ3) is 2.45. The van der Waals surface area contributed by atoms with Crippen molar-refractivity contribution in [2.75, 3.05) is 6.54 Å². The number of nitrogens with two attached hydrogens (primary N) is 1. The fourth-order valence-corrected chi connectivity index (χ4v) is 4.80. The van der Waals surface area contributed by atoms with E-state index in [1.54, 1.807) is 0 Å². The third-order valence-corrected chi connectivity index (χ3v) is 5.98. The number of carbonyl (C=O) groups is 1. The van der Waals surface area contributed by atoms with Crippen LogP contribution in [0.15, 0.2) is 17.0 Å². The zero-order valence-electron chi connectivity index (χ0n) is 12.5. The number of primary amides is 1. The molecule has 2 fully saturated rings. The molecule has 2 N–H and O–H groups in total. The van der Waals surface area contributed by atoms with Crippen LogP contribution < -0.4 is 5.73 Å². The zero-order valence-corrected chi connectivity index (χ0v) is 14.8. The molecule has 4 rings (SSSR count). The highest BCUT2D eigenvalue weighted by Gasteiger charge is 2.41. The number of nitrogens with zero attached hydrogens (tertiary/aromatic N) is 4. The predicted octanol–water partition coefficient (Wildman–Crippen LogP) is 2.50. The second-order valence-electron chi connectivity index (χ2n) is 6.32. The summed E-state index contributed by atoms with van der Waals surface area (Å²) in [6, 6.07) is 0.702. The van der Waals surface area contributed by atoms with E-state index < -0.39 is 0 Å². The first-order valence-electron chi connectivity index (χ1n) is 7.78. The fraction of sp³-hybridized carbons (Fsp3) is 0.533. The summed E-state index contributed by atoms with van der Waals surface area (Å²) in [5, 5.41) is 1.32. The number of likely N-dealkylation sites (tertiary alicyclic amines) is 1. The molecule has 2 aromatic rings. The van der Waals surface area contributed by atoms with Crippen molar-refractivity contribution >= 4 is 44.5 Å². The molecule has 1 aliphatic heterocycles. The van der Waals surface area contributed by atoms with E-state index in [9.17, 15) is 4.79 Å². The molecular weight excluding hydrogens is 382 g/mol. The number of hydrogen-bond acceptors (Lipinski definition) is 4. The highest BCUT2D eigenvalue weighted by Crippen LogP contribution is 2.42. The molecule has 1 saturated heterocycles. The minimum Gasteiger partial charge on any atom is -0.368 e. The molecule has 3 heterocycles. The largest absolute Gasteiger partial charge is 0.368 e. The number of aromatic nitrogens is 3. The summed E-state index contributed by atoms with van der Waals surface area (Å²) in [7, 11) is 0. The molecule has 0 aromatic carbocycles. The van der Waals surface area contributed by atoms with Gasteiger partial charge in [-0.2, -0.15) is 0 Å². The highest BCUT2D eigenvalue weighted by molar-refractivity contribution is 9.10. The molecule has 1 atom stereocenters. The molecule has 0 radical (unpaired) electrons. The number of carbonyl (C=O) groups excluding carboxylic acids is 1. The Bertz CT molecular complexity index is 773. The van der Waals surface area contributed by atoms with E-state index in [0.717, 1.165) is 47.7 Å². The van der Waals surface area contributed by atoms with E-state index in [1.165, 1.54) is 6.33 Å². The van der Waals surface area contributed by atoms with E-state index in [0.29, 0.717) is 17.2 Å². The summed E-state index contributed by atoms with van der Waals surface area (Å²) in [6.07, 6.45) is 7.46. The molecule has 23 heavy (non-hydrogen) atoms. The Morgan fingerprint density at radius 1 is 1.35 bits per heavy atom. The minimum absolute atomic E-state index is 0.0918. The van der Waals surface area contributed by atoms with Crippen molar-refractivity contribution in [3.63, 3.8) is 0 Å². The SMILES string of the molecule is NC(=O)C1CCCN1C1CC(n2cc(Br)c3c(Cl)ncnc32)C1. The molecule has 1 unspecified atom stereocenters. The highest BCUT2D eigenvalue weighted by atomic mass is 79.9. The monoisotopic (exact) mass is 397 g/mol. The summed E-state index contributed by atoms with van der Waals surface area (Å²) >= 11 is 9.72. The van der Waals surface area contributed by atoms with Crippen molar-refractivity contribution in [2.24, 2.45) is 5.73 Å². The Kier molecular flexibility index (Phi) is 3.82. The molecule has 2 aliphatic rings. The van der Waals surface area contributed by atoms with Crippen molar-refractivity contribution in [2.45, 2.75) is 43.8 Å². The maximum absolute atomic E-state index is 11.6. The van der Waals surface area contributed by atoms with Gasteiger partial charge in [-0.25, -0.2) is 9.97 Å². The Morgan fingerprint density at radius 2 is 2.13 bits per heavy atom. The molecule has 0 bridgehead atoms. The van der Waals surface area contributed by atoms with Gasteiger partial charge in [0.25, 0.3) is 0 Å². The Hall–Kier alpha value is -1.18. The van der Waals surface area contributed by atoms with Gasteiger partial charge in [-0.1, -0.05) is 11.6 Å². The Morgan fingerprint density at radius 3 is 2.87 bits per heavy atom. The van der Waals surface area contributed by atoms with Crippen molar-refractivity contribution < 1.29 is 4.79 Å². The van der Waals surface area contributed by atoms with Gasteiger partial charge in [-0.15, -0.1) is 0 Å². The Balaban J connectivity index is 1.55. The van der Waals surface area contributed by atoms with Gasteiger partial charge in [-0.05, 0) is 48.2 Å². The first-order chi connectivity index (χ1) is 11.1. The first kappa shape index (κ1) is 15.4. The second kappa shape index (κ2) is 5.72. The topological polar surface area (TPSA) is 77.0 Å². The van der Waals surface area contributed by atoms with E-state index in [-0.39, 0.29) is 11.9 Å². The summed E-state index contributed by atoms with van der Waals surface area (Å²) < 4.78 is 3.08. The smallest absolute Gasteiger partial charge is 0.234 e. The van der Waals surface area contributed by atoms with Crippen LogP contribution in [0.1, 0.15) is 31.7 Å². The van der Waals surface area contributed by atoms with Crippen LogP contribution in [0.4, 0.5) is 0 Å². The van der Waals surface area contributed by atoms with Gasteiger partial charge in [0.2, 0.25) is 5.91 Å². The fourth-order valence-electron chi connectivity index (χ4n) is 3.87. The summed E-state index contributed by atoms with van der Waals surface area (Å²) in [4.78, 5) is 22.3. The van der Waals surface area contributed by atoms with Crippen molar-refractivity contribution in [3.8, 4) is 0 Å². The van der Waals surface area contributed by atoms with Gasteiger partial charge in [0.15, 0.2) is 0 Å². The third-order valence-electron chi connectivity index (χ3n) is 5.09. The maximum Gasteiger partial charge on any atom is 0.234 e. The molecule has 0 spiro atoms. The van der Waals surface area contributed by atoms with Crippen LogP contribution in [-0.2, 0) is 4.79 Å². The molecule has 122 valence electrons. The summed E-state index contributed by atoms with van der Waals surface area (Å²) in [5.74, 6) is -0.195. The number of amides is 1. The molecule has 2 aromatic heterocycles. The van der Waals surface area contributed by atoms with Crippen LogP contribution >= 0.6 is 27.5 Å². The standard InChI is InChI=1S/C15H17BrClN5O/c16-10-6-22(15-12(10)13(17)19-7-20-15)9-4-8(5-9)21-3-1-2-11(21)14(18)23/h6-9,11H,1-5H2,(H2,18,23). The number of hydrogen-bond donors (Lipinski definition) is 1. The molecule has 8 heteroatoms. The zero-order chi connectivity index (χ0) is 16.1. The van der Waals surface area contributed by atoms with Gasteiger partial charge < -0.3 is 10.3 Å². The van der Waals surface area contributed by atoms with E-state index in [4.69, 9.17) is 17.3 Å². The van der Waals surface area contributed by atoms with E-state index in [2.05, 4.69) is 35.4 Å². The molecule has 1 aliphatic carbocycles. The predicted molar refractivity (Wildman–Crippen MR) is 91.2 cm³/mol. The lowest BCUT2D eigenvalue weighted by Crippen LogP contribution is -2.51. The van der Waals surface area contributed by atoms with E-state index >= 15 is 0 Å². The maximum atomic E-state index is 11.6. The average Bonchev–Trinajstić information content (AvgIpc) is 3.04. The lowest BCUT2D eigenvalue weighted by atomic mass is 9.84. The minimum atomic E-state index is -0.195. The van der Waals surface area contributed by atoms with Gasteiger partial charge in [-0.3, -0.25) is 9.69 Å². The van der Waals surface area contributed by atoms with Gasteiger partial charge in [0.05, 0.1) is 11.4 Å². The molecule has 1 amide bonds. The average molecular weight is 399 g/mol. The Labute approximate surface area is 147 Å². The van der Waals surface area contributed by atoms with Crippen LogP contribution in [0.5, 0.6) is 0 Å². The van der Waals surface area contributed by atoms with Gasteiger partial charge in [0.1, 0.15) is 17.1 Å². The summed E-state index contributed by atoms with van der Waals surface area (Å²) in [6.45, 7) is 0.967. The molecule has 1 saturated carbocycles. The van der Waals surface area contributed by atoms with Gasteiger partial charge in [0, 0.05) is 22.8 Å². The molecule has 6 nitrogen and oxygen atoms in total. The van der Waals surface area contributed by atoms with E-state index in [1.807, 2.05) is 6.20 Å². The molecular formula is C15H17BrClN5O. The number of halogens is 2. The quantitative estimate of drug-likeness (QED) is 0.806. The van der Waals surface area contributed by atoms with Crippen LogP contribution in [0.2, 0.25) is 5.15 Å². The van der Waals surface area contributed by atoms with Gasteiger partial charge >= 0.3 is 0 Å². The number of fused-ring (bicyclic) bond motifs is 1. The summed E-state index contributed by atoms with van der Waals surface area (Å²) in [5.41, 5.74) is 6.38. The van der Waals surface area contributed by atoms with Crippen LogP contribution in [0.25, 0.3) is 11.0 Å². The van der Waals surface area contributed by atoms with Crippen molar-refractivity contribution in [1.29, 1.82) is 0 Å². The number of rotatable bonds is 3. The van der Waals surface area contributed by atoms with Crippen LogP contribution in [-0.4, -0.2) is 44.0 Å². The lowest BCUT2D eigenvalue weighted by molar-refractivity contribution is -0.123. The normalized spacial score (nSPS) is 28.2.